The van der Waals surface area contributed by atoms with Crippen LogP contribution in [0.15, 0.2) is 6.20 Å². The Morgan fingerprint density at radius 3 is 3.23 bits per heavy atom. The first-order chi connectivity index (χ1) is 6.43. The number of aromatic amines is 2. The number of nitrogens with zero attached hydrogens (tertiary/aromatic N) is 2. The fraction of sp³-hybridized carbons (Fsp3) is 0.500. The van der Waals surface area contributed by atoms with E-state index in [9.17, 15) is 0 Å². The number of imidazole rings is 1. The molecule has 1 atom stereocenters. The largest absolute Gasteiger partial charge is 0.338 e. The zero-order valence-electron chi connectivity index (χ0n) is 7.17. The van der Waals surface area contributed by atoms with Crippen LogP contribution in [-0.2, 0) is 0 Å². The monoisotopic (exact) mass is 177 g/mol. The van der Waals surface area contributed by atoms with Gasteiger partial charge in [0.05, 0.1) is 12.2 Å². The summed E-state index contributed by atoms with van der Waals surface area (Å²) in [6.45, 7) is 1.09. The van der Waals surface area contributed by atoms with Crippen LogP contribution in [0.2, 0.25) is 0 Å². The molecule has 3 heterocycles. The summed E-state index contributed by atoms with van der Waals surface area (Å²) in [6, 6.07) is 0.404. The molecule has 1 saturated heterocycles. The smallest absolute Gasteiger partial charge is 0.173 e. The van der Waals surface area contributed by atoms with Gasteiger partial charge in [0.1, 0.15) is 11.3 Å². The fourth-order valence-corrected chi connectivity index (χ4v) is 1.83. The van der Waals surface area contributed by atoms with Crippen LogP contribution in [0.4, 0.5) is 0 Å². The molecule has 0 aliphatic carbocycles. The first kappa shape index (κ1) is 7.08. The second kappa shape index (κ2) is 2.56. The Morgan fingerprint density at radius 1 is 1.46 bits per heavy atom. The van der Waals surface area contributed by atoms with Crippen molar-refractivity contribution in [2.45, 2.75) is 18.9 Å². The molecular formula is C8H11N5. The van der Waals surface area contributed by atoms with E-state index >= 15 is 0 Å². The molecule has 68 valence electrons. The van der Waals surface area contributed by atoms with E-state index < -0.39 is 0 Å². The van der Waals surface area contributed by atoms with Crippen molar-refractivity contribution < 1.29 is 0 Å². The van der Waals surface area contributed by atoms with E-state index in [2.05, 4.69) is 25.5 Å². The van der Waals surface area contributed by atoms with Gasteiger partial charge in [-0.15, -0.1) is 0 Å². The van der Waals surface area contributed by atoms with Gasteiger partial charge < -0.3 is 10.3 Å². The molecule has 0 spiro atoms. The lowest BCUT2D eigenvalue weighted by Gasteiger charge is -2.04. The van der Waals surface area contributed by atoms with Gasteiger partial charge in [-0.3, -0.25) is 5.10 Å². The molecule has 0 radical (unpaired) electrons. The summed E-state index contributed by atoms with van der Waals surface area (Å²) in [5.41, 5.74) is 1.84. The Morgan fingerprint density at radius 2 is 2.46 bits per heavy atom. The van der Waals surface area contributed by atoms with E-state index in [1.807, 2.05) is 0 Å². The Kier molecular flexibility index (Phi) is 1.40. The lowest BCUT2D eigenvalue weighted by Crippen LogP contribution is -2.14. The molecule has 0 aromatic carbocycles. The van der Waals surface area contributed by atoms with Crippen molar-refractivity contribution in [1.29, 1.82) is 0 Å². The summed E-state index contributed by atoms with van der Waals surface area (Å²) in [5, 5.41) is 10.1. The number of rotatable bonds is 1. The van der Waals surface area contributed by atoms with Crippen LogP contribution in [0.5, 0.6) is 0 Å². The predicted octanol–water partition coefficient (Wildman–Crippen LogP) is 0.711. The number of fused-ring (bicyclic) bond motifs is 1. The summed E-state index contributed by atoms with van der Waals surface area (Å²) in [5.74, 6) is 1.03. The molecule has 5 nitrogen and oxygen atoms in total. The Hall–Kier alpha value is -1.36. The minimum atomic E-state index is 0.404. The first-order valence-corrected chi connectivity index (χ1v) is 4.56. The number of H-pyrrole nitrogens is 2. The van der Waals surface area contributed by atoms with Gasteiger partial charge in [-0.25, -0.2) is 4.98 Å². The second-order valence-corrected chi connectivity index (χ2v) is 3.40. The van der Waals surface area contributed by atoms with Gasteiger partial charge in [0.25, 0.3) is 0 Å². The van der Waals surface area contributed by atoms with Crippen LogP contribution in [0.25, 0.3) is 11.2 Å². The third-order valence-corrected chi connectivity index (χ3v) is 2.50. The highest BCUT2D eigenvalue weighted by Gasteiger charge is 2.19. The fourth-order valence-electron chi connectivity index (χ4n) is 1.83. The SMILES string of the molecule is c1n[nH]c2nc(C3CCCN3)[nH]c12. The Balaban J connectivity index is 2.02. The molecule has 3 rings (SSSR count). The maximum Gasteiger partial charge on any atom is 0.173 e. The molecular weight excluding hydrogens is 166 g/mol. The number of nitrogens with one attached hydrogen (secondary N) is 3. The minimum Gasteiger partial charge on any atom is -0.338 e. The summed E-state index contributed by atoms with van der Waals surface area (Å²) in [6.07, 6.45) is 4.17. The van der Waals surface area contributed by atoms with Crippen LogP contribution in [0, 0.1) is 0 Å². The van der Waals surface area contributed by atoms with Crippen LogP contribution in [0.3, 0.4) is 0 Å². The normalized spacial score (nSPS) is 22.9. The summed E-state index contributed by atoms with van der Waals surface area (Å²) >= 11 is 0. The van der Waals surface area contributed by atoms with Crippen LogP contribution in [-0.4, -0.2) is 26.7 Å². The molecule has 1 fully saturated rings. The predicted molar refractivity (Wildman–Crippen MR) is 48.2 cm³/mol. The van der Waals surface area contributed by atoms with E-state index in [0.717, 1.165) is 23.5 Å². The van der Waals surface area contributed by atoms with Gasteiger partial charge >= 0.3 is 0 Å². The maximum atomic E-state index is 4.42. The van der Waals surface area contributed by atoms with Gasteiger partial charge in [-0.2, -0.15) is 5.10 Å². The topological polar surface area (TPSA) is 69.4 Å². The molecule has 3 N–H and O–H groups in total. The average molecular weight is 177 g/mol. The third kappa shape index (κ3) is 1.04. The van der Waals surface area contributed by atoms with Crippen LogP contribution in [0.1, 0.15) is 24.7 Å². The number of aromatic nitrogens is 4. The second-order valence-electron chi connectivity index (χ2n) is 3.40. The standard InChI is InChI=1S/C8H11N5/c1-2-5(9-3-1)7-11-6-4-10-13-8(6)12-7/h4-5,9H,1-3H2,(H2,10,11,12,13). The van der Waals surface area contributed by atoms with Crippen molar-refractivity contribution >= 4 is 11.2 Å². The van der Waals surface area contributed by atoms with E-state index in [4.69, 9.17) is 0 Å². The molecule has 5 heteroatoms. The number of hydrogen-bond acceptors (Lipinski definition) is 3. The summed E-state index contributed by atoms with van der Waals surface area (Å²) in [4.78, 5) is 7.67. The maximum absolute atomic E-state index is 4.42. The molecule has 2 aromatic heterocycles. The molecule has 2 aromatic rings. The summed E-state index contributed by atoms with van der Waals surface area (Å²) in [7, 11) is 0. The zero-order chi connectivity index (χ0) is 8.67. The van der Waals surface area contributed by atoms with Gasteiger partial charge in [-0.05, 0) is 19.4 Å². The van der Waals surface area contributed by atoms with Crippen molar-refractivity contribution in [3.63, 3.8) is 0 Å². The Bertz CT molecular complexity index is 380. The molecule has 1 aliphatic heterocycles. The molecule has 1 unspecified atom stereocenters. The summed E-state index contributed by atoms with van der Waals surface area (Å²) < 4.78 is 0. The van der Waals surface area contributed by atoms with Gasteiger partial charge in [0.2, 0.25) is 0 Å². The van der Waals surface area contributed by atoms with Gasteiger partial charge in [0, 0.05) is 0 Å². The Labute approximate surface area is 74.9 Å². The van der Waals surface area contributed by atoms with Crippen molar-refractivity contribution in [3.8, 4) is 0 Å². The van der Waals surface area contributed by atoms with Crippen molar-refractivity contribution in [2.75, 3.05) is 6.54 Å². The highest BCUT2D eigenvalue weighted by atomic mass is 15.2. The molecule has 1 aliphatic rings. The molecule has 0 bridgehead atoms. The highest BCUT2D eigenvalue weighted by molar-refractivity contribution is 5.69. The van der Waals surface area contributed by atoms with Crippen molar-refractivity contribution in [2.24, 2.45) is 0 Å². The highest BCUT2D eigenvalue weighted by Crippen LogP contribution is 2.21. The minimum absolute atomic E-state index is 0.404. The van der Waals surface area contributed by atoms with Gasteiger partial charge in [-0.1, -0.05) is 0 Å². The lowest BCUT2D eigenvalue weighted by atomic mass is 10.2. The van der Waals surface area contributed by atoms with Crippen molar-refractivity contribution in [3.05, 3.63) is 12.0 Å². The lowest BCUT2D eigenvalue weighted by molar-refractivity contribution is 0.614. The van der Waals surface area contributed by atoms with E-state index in [1.54, 1.807) is 6.20 Å². The van der Waals surface area contributed by atoms with E-state index in [1.165, 1.54) is 12.8 Å². The zero-order valence-corrected chi connectivity index (χ0v) is 7.17. The third-order valence-electron chi connectivity index (χ3n) is 2.50. The van der Waals surface area contributed by atoms with E-state index in [0.29, 0.717) is 6.04 Å². The molecule has 13 heavy (non-hydrogen) atoms. The first-order valence-electron chi connectivity index (χ1n) is 4.56. The van der Waals surface area contributed by atoms with E-state index in [-0.39, 0.29) is 0 Å². The molecule has 0 saturated carbocycles. The average Bonchev–Trinajstić information content (AvgIpc) is 2.78. The van der Waals surface area contributed by atoms with Crippen LogP contribution < -0.4 is 5.32 Å². The van der Waals surface area contributed by atoms with Crippen molar-refractivity contribution in [1.82, 2.24) is 25.5 Å². The van der Waals surface area contributed by atoms with Gasteiger partial charge in [0.15, 0.2) is 5.65 Å². The van der Waals surface area contributed by atoms with Crippen LogP contribution >= 0.6 is 0 Å². The number of hydrogen-bond donors (Lipinski definition) is 3. The molecule has 0 amide bonds. The quantitative estimate of drug-likeness (QED) is 0.601.